The number of carbonyl (C=O) groups is 1. The summed E-state index contributed by atoms with van der Waals surface area (Å²) in [4.78, 5) is 10.8. The summed E-state index contributed by atoms with van der Waals surface area (Å²) in [7, 11) is 0. The molecule has 0 amide bonds. The van der Waals surface area contributed by atoms with E-state index in [4.69, 9.17) is 0 Å². The van der Waals surface area contributed by atoms with Crippen LogP contribution in [0.5, 0.6) is 0 Å². The van der Waals surface area contributed by atoms with E-state index in [9.17, 15) is 4.79 Å². The monoisotopic (exact) mass is 152 g/mol. The van der Waals surface area contributed by atoms with E-state index in [1.807, 2.05) is 0 Å². The Bertz CT molecular complexity index is 168. The van der Waals surface area contributed by atoms with Crippen LogP contribution in [0.3, 0.4) is 0 Å². The molecule has 1 atom stereocenters. The summed E-state index contributed by atoms with van der Waals surface area (Å²) in [6.07, 6.45) is 6.87. The van der Waals surface area contributed by atoms with E-state index in [2.05, 4.69) is 19.9 Å². The van der Waals surface area contributed by atoms with E-state index in [1.54, 1.807) is 6.08 Å². The zero-order valence-corrected chi connectivity index (χ0v) is 7.34. The maximum absolute atomic E-state index is 10.8. The van der Waals surface area contributed by atoms with Crippen molar-refractivity contribution < 1.29 is 4.79 Å². The van der Waals surface area contributed by atoms with Crippen LogP contribution in [-0.2, 0) is 4.79 Å². The average Bonchev–Trinajstić information content (AvgIpc) is 1.93. The highest BCUT2D eigenvalue weighted by molar-refractivity contribution is 5.90. The van der Waals surface area contributed by atoms with E-state index in [0.29, 0.717) is 11.7 Å². The second-order valence-electron chi connectivity index (χ2n) is 3.75. The van der Waals surface area contributed by atoms with Crippen molar-refractivity contribution in [3.05, 3.63) is 12.2 Å². The fourth-order valence-electron chi connectivity index (χ4n) is 1.55. The molecule has 0 aromatic heterocycles. The molecule has 1 unspecified atom stereocenters. The van der Waals surface area contributed by atoms with Crippen molar-refractivity contribution >= 4 is 5.78 Å². The SMILES string of the molecule is CC(C)CC1C=CC(=O)CC1. The topological polar surface area (TPSA) is 17.1 Å². The Morgan fingerprint density at radius 3 is 2.82 bits per heavy atom. The van der Waals surface area contributed by atoms with Gasteiger partial charge in [-0.1, -0.05) is 19.9 Å². The Labute approximate surface area is 68.5 Å². The van der Waals surface area contributed by atoms with Crippen molar-refractivity contribution in [1.82, 2.24) is 0 Å². The van der Waals surface area contributed by atoms with Gasteiger partial charge in [0.25, 0.3) is 0 Å². The van der Waals surface area contributed by atoms with Crippen LogP contribution >= 0.6 is 0 Å². The normalized spacial score (nSPS) is 24.6. The third kappa shape index (κ3) is 2.87. The van der Waals surface area contributed by atoms with Gasteiger partial charge in [-0.25, -0.2) is 0 Å². The Kier molecular flexibility index (Phi) is 2.86. The van der Waals surface area contributed by atoms with Crippen molar-refractivity contribution in [3.8, 4) is 0 Å². The molecular formula is C10H16O. The van der Waals surface area contributed by atoms with Crippen molar-refractivity contribution in [2.24, 2.45) is 11.8 Å². The molecule has 1 aliphatic carbocycles. The summed E-state index contributed by atoms with van der Waals surface area (Å²) in [6.45, 7) is 4.45. The molecule has 1 heteroatoms. The highest BCUT2D eigenvalue weighted by Gasteiger charge is 2.13. The van der Waals surface area contributed by atoms with Crippen molar-refractivity contribution in [3.63, 3.8) is 0 Å². The van der Waals surface area contributed by atoms with Gasteiger partial charge in [0.2, 0.25) is 0 Å². The first-order chi connectivity index (χ1) is 5.18. The first-order valence-electron chi connectivity index (χ1n) is 4.39. The van der Waals surface area contributed by atoms with Crippen molar-refractivity contribution in [2.45, 2.75) is 33.1 Å². The van der Waals surface area contributed by atoms with Crippen LogP contribution in [0.2, 0.25) is 0 Å². The van der Waals surface area contributed by atoms with Gasteiger partial charge < -0.3 is 0 Å². The van der Waals surface area contributed by atoms with Gasteiger partial charge in [0, 0.05) is 6.42 Å². The molecule has 0 N–H and O–H groups in total. The van der Waals surface area contributed by atoms with E-state index >= 15 is 0 Å². The van der Waals surface area contributed by atoms with Gasteiger partial charge in [-0.15, -0.1) is 0 Å². The quantitative estimate of drug-likeness (QED) is 0.594. The minimum Gasteiger partial charge on any atom is -0.295 e. The number of rotatable bonds is 2. The molecule has 0 heterocycles. The van der Waals surface area contributed by atoms with Gasteiger partial charge >= 0.3 is 0 Å². The molecule has 11 heavy (non-hydrogen) atoms. The van der Waals surface area contributed by atoms with Crippen LogP contribution in [0.4, 0.5) is 0 Å². The largest absolute Gasteiger partial charge is 0.295 e. The van der Waals surface area contributed by atoms with Gasteiger partial charge in [-0.2, -0.15) is 0 Å². The molecule has 0 saturated carbocycles. The molecule has 0 aliphatic heterocycles. The maximum atomic E-state index is 10.8. The number of hydrogen-bond acceptors (Lipinski definition) is 1. The molecule has 0 bridgehead atoms. The van der Waals surface area contributed by atoms with Gasteiger partial charge in [0.05, 0.1) is 0 Å². The minimum absolute atomic E-state index is 0.296. The van der Waals surface area contributed by atoms with Gasteiger partial charge in [-0.3, -0.25) is 4.79 Å². The lowest BCUT2D eigenvalue weighted by atomic mass is 9.88. The number of ketones is 1. The molecule has 0 aromatic rings. The summed E-state index contributed by atoms with van der Waals surface area (Å²) in [6, 6.07) is 0. The first-order valence-corrected chi connectivity index (χ1v) is 4.39. The summed E-state index contributed by atoms with van der Waals surface area (Å²) < 4.78 is 0. The summed E-state index contributed by atoms with van der Waals surface area (Å²) in [5.41, 5.74) is 0. The fraction of sp³-hybridized carbons (Fsp3) is 0.700. The molecule has 62 valence electrons. The third-order valence-corrected chi connectivity index (χ3v) is 2.09. The molecule has 1 aliphatic rings. The van der Waals surface area contributed by atoms with Crippen LogP contribution < -0.4 is 0 Å². The van der Waals surface area contributed by atoms with Crippen molar-refractivity contribution in [1.29, 1.82) is 0 Å². The summed E-state index contributed by atoms with van der Waals surface area (Å²) >= 11 is 0. The Hall–Kier alpha value is -0.590. The van der Waals surface area contributed by atoms with E-state index in [1.165, 1.54) is 6.42 Å². The zero-order chi connectivity index (χ0) is 8.27. The molecule has 0 spiro atoms. The Balaban J connectivity index is 2.38. The van der Waals surface area contributed by atoms with Gasteiger partial charge in [-0.05, 0) is 30.8 Å². The average molecular weight is 152 g/mol. The molecule has 1 rings (SSSR count). The van der Waals surface area contributed by atoms with E-state index < -0.39 is 0 Å². The van der Waals surface area contributed by atoms with Crippen LogP contribution in [0.1, 0.15) is 33.1 Å². The van der Waals surface area contributed by atoms with Crippen LogP contribution in [0.25, 0.3) is 0 Å². The lowest BCUT2D eigenvalue weighted by Gasteiger charge is -2.17. The second-order valence-corrected chi connectivity index (χ2v) is 3.75. The van der Waals surface area contributed by atoms with Crippen LogP contribution in [0.15, 0.2) is 12.2 Å². The third-order valence-electron chi connectivity index (χ3n) is 2.09. The molecule has 1 nitrogen and oxygen atoms in total. The zero-order valence-electron chi connectivity index (χ0n) is 7.34. The smallest absolute Gasteiger partial charge is 0.155 e. The van der Waals surface area contributed by atoms with Crippen LogP contribution in [-0.4, -0.2) is 5.78 Å². The van der Waals surface area contributed by atoms with Gasteiger partial charge in [0.1, 0.15) is 0 Å². The molecule has 0 fully saturated rings. The van der Waals surface area contributed by atoms with Crippen molar-refractivity contribution in [2.75, 3.05) is 0 Å². The standard InChI is InChI=1S/C10H16O/c1-8(2)7-9-3-5-10(11)6-4-9/h3,5,8-9H,4,6-7H2,1-2H3. The molecule has 0 aromatic carbocycles. The highest BCUT2D eigenvalue weighted by atomic mass is 16.1. The summed E-state index contributed by atoms with van der Waals surface area (Å²) in [5, 5.41) is 0. The molecular weight excluding hydrogens is 136 g/mol. The predicted molar refractivity (Wildman–Crippen MR) is 46.3 cm³/mol. The minimum atomic E-state index is 0.296. The number of hydrogen-bond donors (Lipinski definition) is 0. The van der Waals surface area contributed by atoms with Crippen LogP contribution in [0, 0.1) is 11.8 Å². The van der Waals surface area contributed by atoms with Gasteiger partial charge in [0.15, 0.2) is 5.78 Å². The Morgan fingerprint density at radius 1 is 1.64 bits per heavy atom. The Morgan fingerprint density at radius 2 is 2.36 bits per heavy atom. The lowest BCUT2D eigenvalue weighted by molar-refractivity contribution is -0.115. The highest BCUT2D eigenvalue weighted by Crippen LogP contribution is 2.21. The first kappa shape index (κ1) is 8.51. The predicted octanol–water partition coefficient (Wildman–Crippen LogP) is 2.57. The van der Waals surface area contributed by atoms with E-state index in [0.717, 1.165) is 18.8 Å². The molecule has 0 saturated heterocycles. The number of carbonyl (C=O) groups excluding carboxylic acids is 1. The fourth-order valence-corrected chi connectivity index (χ4v) is 1.55. The maximum Gasteiger partial charge on any atom is 0.155 e. The molecule has 0 radical (unpaired) electrons. The number of allylic oxidation sites excluding steroid dienone is 2. The summed E-state index contributed by atoms with van der Waals surface area (Å²) in [5.74, 6) is 1.70. The van der Waals surface area contributed by atoms with E-state index in [-0.39, 0.29) is 0 Å². The second kappa shape index (κ2) is 3.70. The lowest BCUT2D eigenvalue weighted by Crippen LogP contribution is -2.09.